The maximum Gasteiger partial charge on any atom is 0.0326 e. The van der Waals surface area contributed by atoms with Gasteiger partial charge in [0.2, 0.25) is 0 Å². The monoisotopic (exact) mass is 276 g/mol. The molecule has 0 spiro atoms. The van der Waals surface area contributed by atoms with Crippen molar-refractivity contribution in [1.82, 2.24) is 10.2 Å². The Morgan fingerprint density at radius 1 is 1.00 bits per heavy atom. The van der Waals surface area contributed by atoms with E-state index in [2.05, 4.69) is 89.3 Å². The van der Waals surface area contributed by atoms with Crippen LogP contribution in [0.1, 0.15) is 52.6 Å². The Morgan fingerprint density at radius 2 is 1.55 bits per heavy atom. The number of hydrogen-bond acceptors (Lipinski definition) is 2. The fraction of sp³-hybridized carbons (Fsp3) is 0.667. The van der Waals surface area contributed by atoms with Gasteiger partial charge in [-0.1, -0.05) is 51.1 Å². The predicted octanol–water partition coefficient (Wildman–Crippen LogP) is 4.09. The molecule has 1 rings (SSSR count). The maximum absolute atomic E-state index is 3.77. The highest BCUT2D eigenvalue weighted by Gasteiger charge is 2.25. The summed E-state index contributed by atoms with van der Waals surface area (Å²) in [5.74, 6) is 0. The molecule has 0 aliphatic carbocycles. The number of nitrogens with one attached hydrogen (secondary N) is 1. The molecule has 0 heterocycles. The Hall–Kier alpha value is -0.860. The maximum atomic E-state index is 3.77. The molecule has 1 atom stereocenters. The van der Waals surface area contributed by atoms with Crippen LogP contribution in [0.15, 0.2) is 30.3 Å². The van der Waals surface area contributed by atoms with E-state index in [0.29, 0.717) is 11.5 Å². The zero-order valence-electron chi connectivity index (χ0n) is 14.3. The molecule has 0 aliphatic rings. The standard InChI is InChI=1S/C18H32N2/c1-17(2,3)13-16(15-11-9-8-10-12-15)19-14-18(4,5)20(6)7/h8-12,16,19H,13-14H2,1-7H3. The van der Waals surface area contributed by atoms with Gasteiger partial charge in [0.25, 0.3) is 0 Å². The van der Waals surface area contributed by atoms with E-state index < -0.39 is 0 Å². The van der Waals surface area contributed by atoms with Crippen LogP contribution in [-0.4, -0.2) is 31.1 Å². The SMILES string of the molecule is CN(C)C(C)(C)CNC(CC(C)(C)C)c1ccccc1. The number of hydrogen-bond donors (Lipinski definition) is 1. The molecule has 0 aliphatic heterocycles. The van der Waals surface area contributed by atoms with Crippen molar-refractivity contribution in [2.75, 3.05) is 20.6 Å². The van der Waals surface area contributed by atoms with Gasteiger partial charge in [0.1, 0.15) is 0 Å². The zero-order valence-corrected chi connectivity index (χ0v) is 14.3. The Labute approximate surface area is 125 Å². The summed E-state index contributed by atoms with van der Waals surface area (Å²) in [7, 11) is 4.28. The molecular formula is C18H32N2. The third-order valence-corrected chi connectivity index (χ3v) is 4.01. The summed E-state index contributed by atoms with van der Waals surface area (Å²) < 4.78 is 0. The summed E-state index contributed by atoms with van der Waals surface area (Å²) in [6.07, 6.45) is 1.14. The summed E-state index contributed by atoms with van der Waals surface area (Å²) in [5, 5.41) is 3.77. The van der Waals surface area contributed by atoms with E-state index in [1.54, 1.807) is 0 Å². The Balaban J connectivity index is 2.80. The number of rotatable bonds is 6. The molecule has 1 aromatic carbocycles. The minimum Gasteiger partial charge on any atom is -0.308 e. The molecule has 0 saturated heterocycles. The first-order valence-electron chi connectivity index (χ1n) is 7.57. The smallest absolute Gasteiger partial charge is 0.0326 e. The molecule has 114 valence electrons. The molecular weight excluding hydrogens is 244 g/mol. The van der Waals surface area contributed by atoms with E-state index in [9.17, 15) is 0 Å². The average molecular weight is 276 g/mol. The van der Waals surface area contributed by atoms with Crippen LogP contribution in [0, 0.1) is 5.41 Å². The fourth-order valence-corrected chi connectivity index (χ4v) is 2.14. The van der Waals surface area contributed by atoms with Gasteiger partial charge >= 0.3 is 0 Å². The second-order valence-electron chi connectivity index (χ2n) is 7.82. The largest absolute Gasteiger partial charge is 0.308 e. The molecule has 0 fully saturated rings. The summed E-state index contributed by atoms with van der Waals surface area (Å²) >= 11 is 0. The summed E-state index contributed by atoms with van der Waals surface area (Å²) in [6, 6.07) is 11.2. The van der Waals surface area contributed by atoms with Gasteiger partial charge in [0.15, 0.2) is 0 Å². The predicted molar refractivity (Wildman–Crippen MR) is 89.0 cm³/mol. The molecule has 0 radical (unpaired) electrons. The highest BCUT2D eigenvalue weighted by Crippen LogP contribution is 2.29. The lowest BCUT2D eigenvalue weighted by Crippen LogP contribution is -2.47. The van der Waals surface area contributed by atoms with Crippen molar-refractivity contribution in [3.63, 3.8) is 0 Å². The van der Waals surface area contributed by atoms with E-state index >= 15 is 0 Å². The van der Waals surface area contributed by atoms with E-state index in [4.69, 9.17) is 0 Å². The Morgan fingerprint density at radius 3 is 2.00 bits per heavy atom. The van der Waals surface area contributed by atoms with Crippen LogP contribution in [0.3, 0.4) is 0 Å². The van der Waals surface area contributed by atoms with Crippen LogP contribution >= 0.6 is 0 Å². The molecule has 1 N–H and O–H groups in total. The van der Waals surface area contributed by atoms with Gasteiger partial charge in [0, 0.05) is 18.1 Å². The van der Waals surface area contributed by atoms with Crippen LogP contribution in [0.2, 0.25) is 0 Å². The van der Waals surface area contributed by atoms with Gasteiger partial charge in [0.05, 0.1) is 0 Å². The van der Waals surface area contributed by atoms with Crippen molar-refractivity contribution in [1.29, 1.82) is 0 Å². The van der Waals surface area contributed by atoms with E-state index in [1.165, 1.54) is 5.56 Å². The van der Waals surface area contributed by atoms with Gasteiger partial charge in [-0.3, -0.25) is 0 Å². The molecule has 0 bridgehead atoms. The molecule has 0 amide bonds. The third-order valence-electron chi connectivity index (χ3n) is 4.01. The quantitative estimate of drug-likeness (QED) is 0.841. The third kappa shape index (κ3) is 5.64. The van der Waals surface area contributed by atoms with Crippen molar-refractivity contribution in [2.24, 2.45) is 5.41 Å². The second kappa shape index (κ2) is 6.73. The summed E-state index contributed by atoms with van der Waals surface area (Å²) in [5.41, 5.74) is 1.86. The normalized spacial score (nSPS) is 14.6. The topological polar surface area (TPSA) is 15.3 Å². The summed E-state index contributed by atoms with van der Waals surface area (Å²) in [6.45, 7) is 12.5. The Kier molecular flexibility index (Phi) is 5.79. The minimum atomic E-state index is 0.158. The Bertz CT molecular complexity index is 388. The first-order chi connectivity index (χ1) is 9.12. The fourth-order valence-electron chi connectivity index (χ4n) is 2.14. The van der Waals surface area contributed by atoms with Gasteiger partial charge in [-0.25, -0.2) is 0 Å². The lowest BCUT2D eigenvalue weighted by molar-refractivity contribution is 0.177. The van der Waals surface area contributed by atoms with Crippen molar-refractivity contribution < 1.29 is 0 Å². The van der Waals surface area contributed by atoms with E-state index in [1.807, 2.05) is 0 Å². The van der Waals surface area contributed by atoms with Gasteiger partial charge in [-0.15, -0.1) is 0 Å². The van der Waals surface area contributed by atoms with Crippen molar-refractivity contribution in [2.45, 2.75) is 52.6 Å². The van der Waals surface area contributed by atoms with Crippen molar-refractivity contribution >= 4 is 0 Å². The van der Waals surface area contributed by atoms with Crippen molar-refractivity contribution in [3.8, 4) is 0 Å². The van der Waals surface area contributed by atoms with Crippen LogP contribution in [-0.2, 0) is 0 Å². The van der Waals surface area contributed by atoms with Gasteiger partial charge < -0.3 is 10.2 Å². The number of likely N-dealkylation sites (N-methyl/N-ethyl adjacent to an activating group) is 1. The highest BCUT2D eigenvalue weighted by atomic mass is 15.2. The molecule has 0 aromatic heterocycles. The van der Waals surface area contributed by atoms with Gasteiger partial charge in [-0.05, 0) is 45.3 Å². The van der Waals surface area contributed by atoms with E-state index in [0.717, 1.165) is 13.0 Å². The molecule has 20 heavy (non-hydrogen) atoms. The van der Waals surface area contributed by atoms with Crippen LogP contribution in [0.4, 0.5) is 0 Å². The average Bonchev–Trinajstić information content (AvgIpc) is 2.34. The van der Waals surface area contributed by atoms with Crippen LogP contribution in [0.5, 0.6) is 0 Å². The highest BCUT2D eigenvalue weighted by molar-refractivity contribution is 5.19. The van der Waals surface area contributed by atoms with Crippen LogP contribution in [0.25, 0.3) is 0 Å². The first-order valence-corrected chi connectivity index (χ1v) is 7.57. The minimum absolute atomic E-state index is 0.158. The van der Waals surface area contributed by atoms with Gasteiger partial charge in [-0.2, -0.15) is 0 Å². The molecule has 1 unspecified atom stereocenters. The number of nitrogens with zero attached hydrogens (tertiary/aromatic N) is 1. The molecule has 1 aromatic rings. The molecule has 0 saturated carbocycles. The zero-order chi connectivity index (χ0) is 15.4. The molecule has 2 heteroatoms. The first kappa shape index (κ1) is 17.2. The lowest BCUT2D eigenvalue weighted by atomic mass is 9.85. The van der Waals surface area contributed by atoms with E-state index in [-0.39, 0.29) is 5.54 Å². The van der Waals surface area contributed by atoms with Crippen LogP contribution < -0.4 is 5.32 Å². The lowest BCUT2D eigenvalue weighted by Gasteiger charge is -2.36. The number of benzene rings is 1. The van der Waals surface area contributed by atoms with Crippen molar-refractivity contribution in [3.05, 3.63) is 35.9 Å². The molecule has 2 nitrogen and oxygen atoms in total. The second-order valence-corrected chi connectivity index (χ2v) is 7.82. The summed E-state index contributed by atoms with van der Waals surface area (Å²) in [4.78, 5) is 2.28.